The minimum absolute atomic E-state index is 0.0167. The fourth-order valence-corrected chi connectivity index (χ4v) is 4.04. The minimum atomic E-state index is -1.14. The van der Waals surface area contributed by atoms with Gasteiger partial charge in [-0.25, -0.2) is 0 Å². The van der Waals surface area contributed by atoms with Gasteiger partial charge in [-0.3, -0.25) is 14.4 Å². The molecule has 0 unspecified atom stereocenters. The second-order valence-electron chi connectivity index (χ2n) is 7.68. The second-order valence-corrected chi connectivity index (χ2v) is 9.39. The molecule has 1 aromatic carbocycles. The first-order chi connectivity index (χ1) is 14.2. The number of hydrogen-bond acceptors (Lipinski definition) is 4. The molecule has 0 atom stereocenters. The van der Waals surface area contributed by atoms with Crippen molar-refractivity contribution < 1.29 is 14.4 Å². The molecule has 0 bridgehead atoms. The van der Waals surface area contributed by atoms with Crippen LogP contribution in [0.25, 0.3) is 0 Å². The summed E-state index contributed by atoms with van der Waals surface area (Å²) in [6.45, 7) is 6.42. The lowest BCUT2D eigenvalue weighted by molar-refractivity contribution is -0.120. The summed E-state index contributed by atoms with van der Waals surface area (Å²) in [4.78, 5) is 40.1. The van der Waals surface area contributed by atoms with Gasteiger partial charge in [-0.2, -0.15) is 0 Å². The predicted molar refractivity (Wildman–Crippen MR) is 120 cm³/mol. The smallest absolute Gasteiger partial charge is 0.262 e. The van der Waals surface area contributed by atoms with Gasteiger partial charge in [0.05, 0.1) is 9.21 Å². The van der Waals surface area contributed by atoms with Crippen LogP contribution in [0.4, 0.5) is 5.69 Å². The number of rotatable bonds is 5. The molecular formula is C22H24ClN3O3S. The Labute approximate surface area is 184 Å². The van der Waals surface area contributed by atoms with Crippen LogP contribution in [0, 0.1) is 6.92 Å². The highest BCUT2D eigenvalue weighted by Crippen LogP contribution is 2.23. The first-order valence-electron chi connectivity index (χ1n) is 9.61. The van der Waals surface area contributed by atoms with E-state index in [2.05, 4.69) is 16.7 Å². The molecule has 2 heterocycles. The number of nitrogens with zero attached hydrogens (tertiary/aromatic N) is 1. The van der Waals surface area contributed by atoms with E-state index < -0.39 is 5.54 Å². The molecule has 8 heteroatoms. The van der Waals surface area contributed by atoms with Crippen LogP contribution in [0.1, 0.15) is 45.9 Å². The second kappa shape index (κ2) is 9.02. The quantitative estimate of drug-likeness (QED) is 0.675. The van der Waals surface area contributed by atoms with Crippen molar-refractivity contribution in [3.8, 4) is 0 Å². The SMILES string of the molecule is Cc1cc(NC(=O)C(C)(C)NC(=O)c2ccc(Cl)s2)ccc1C(=O)N1CC=CCC1. The van der Waals surface area contributed by atoms with Crippen molar-refractivity contribution in [3.63, 3.8) is 0 Å². The maximum absolute atomic E-state index is 12.8. The predicted octanol–water partition coefficient (Wildman–Crippen LogP) is 4.26. The summed E-state index contributed by atoms with van der Waals surface area (Å²) in [6.07, 6.45) is 4.92. The van der Waals surface area contributed by atoms with Crippen LogP contribution in [0.5, 0.6) is 0 Å². The molecule has 0 saturated carbocycles. The first-order valence-corrected chi connectivity index (χ1v) is 10.8. The van der Waals surface area contributed by atoms with E-state index in [1.807, 2.05) is 13.0 Å². The number of carbonyl (C=O) groups is 3. The Morgan fingerprint density at radius 3 is 2.50 bits per heavy atom. The number of hydrogen-bond donors (Lipinski definition) is 2. The van der Waals surface area contributed by atoms with E-state index in [0.717, 1.165) is 23.3 Å². The maximum Gasteiger partial charge on any atom is 0.262 e. The number of thiophene rings is 1. The van der Waals surface area contributed by atoms with Gasteiger partial charge in [0.25, 0.3) is 11.8 Å². The highest BCUT2D eigenvalue weighted by Gasteiger charge is 2.30. The van der Waals surface area contributed by atoms with Crippen molar-refractivity contribution in [3.05, 3.63) is 62.8 Å². The monoisotopic (exact) mass is 445 g/mol. The van der Waals surface area contributed by atoms with Gasteiger partial charge < -0.3 is 15.5 Å². The van der Waals surface area contributed by atoms with Gasteiger partial charge in [0, 0.05) is 24.3 Å². The molecule has 2 N–H and O–H groups in total. The third kappa shape index (κ3) is 5.09. The molecular weight excluding hydrogens is 422 g/mol. The van der Waals surface area contributed by atoms with Gasteiger partial charge >= 0.3 is 0 Å². The van der Waals surface area contributed by atoms with Gasteiger partial charge in [0.15, 0.2) is 0 Å². The molecule has 3 amide bonds. The minimum Gasteiger partial charge on any atom is -0.337 e. The van der Waals surface area contributed by atoms with Crippen LogP contribution in [-0.4, -0.2) is 41.2 Å². The summed E-state index contributed by atoms with van der Waals surface area (Å²) in [5.74, 6) is -0.741. The normalized spacial score (nSPS) is 13.8. The molecule has 2 aromatic rings. The molecule has 0 saturated heterocycles. The highest BCUT2D eigenvalue weighted by atomic mass is 35.5. The lowest BCUT2D eigenvalue weighted by Gasteiger charge is -2.26. The fourth-order valence-electron chi connectivity index (χ4n) is 3.10. The first kappa shape index (κ1) is 22.1. The summed E-state index contributed by atoms with van der Waals surface area (Å²) in [5.41, 5.74) is 0.817. The molecule has 3 rings (SSSR count). The van der Waals surface area contributed by atoms with Crippen LogP contribution in [0.2, 0.25) is 4.34 Å². The van der Waals surface area contributed by atoms with Gasteiger partial charge in [-0.05, 0) is 63.1 Å². The third-order valence-electron chi connectivity index (χ3n) is 4.85. The summed E-state index contributed by atoms with van der Waals surface area (Å²) in [7, 11) is 0. The van der Waals surface area contributed by atoms with Crippen molar-refractivity contribution >= 4 is 46.3 Å². The molecule has 0 radical (unpaired) electrons. The van der Waals surface area contributed by atoms with E-state index in [0.29, 0.717) is 33.6 Å². The van der Waals surface area contributed by atoms with Crippen molar-refractivity contribution in [2.24, 2.45) is 0 Å². The van der Waals surface area contributed by atoms with Crippen molar-refractivity contribution in [1.82, 2.24) is 10.2 Å². The van der Waals surface area contributed by atoms with Crippen LogP contribution in [0.15, 0.2) is 42.5 Å². The molecule has 0 aliphatic carbocycles. The average molecular weight is 446 g/mol. The summed E-state index contributed by atoms with van der Waals surface area (Å²) in [6, 6.07) is 8.45. The Bertz CT molecular complexity index is 1010. The van der Waals surface area contributed by atoms with E-state index in [4.69, 9.17) is 11.6 Å². The number of amides is 3. The molecule has 1 aromatic heterocycles. The van der Waals surface area contributed by atoms with E-state index in [1.165, 1.54) is 0 Å². The fraction of sp³-hybridized carbons (Fsp3) is 0.318. The van der Waals surface area contributed by atoms with E-state index in [1.54, 1.807) is 49.1 Å². The lowest BCUT2D eigenvalue weighted by atomic mass is 10.0. The Hall–Kier alpha value is -2.64. The number of carbonyl (C=O) groups excluding carboxylic acids is 3. The zero-order valence-electron chi connectivity index (χ0n) is 17.1. The van der Waals surface area contributed by atoms with E-state index in [-0.39, 0.29) is 17.7 Å². The number of halogens is 1. The van der Waals surface area contributed by atoms with Gasteiger partial charge in [-0.1, -0.05) is 23.8 Å². The Kier molecular flexibility index (Phi) is 6.63. The van der Waals surface area contributed by atoms with Crippen LogP contribution in [-0.2, 0) is 4.79 Å². The number of aryl methyl sites for hydroxylation is 1. The van der Waals surface area contributed by atoms with Gasteiger partial charge in [0.2, 0.25) is 5.91 Å². The molecule has 1 aliphatic heterocycles. The number of anilines is 1. The molecule has 0 fully saturated rings. The number of benzene rings is 1. The zero-order valence-corrected chi connectivity index (χ0v) is 18.7. The Balaban J connectivity index is 1.66. The Morgan fingerprint density at radius 1 is 1.13 bits per heavy atom. The van der Waals surface area contributed by atoms with Crippen LogP contribution in [0.3, 0.4) is 0 Å². The molecule has 0 spiro atoms. The molecule has 6 nitrogen and oxygen atoms in total. The maximum atomic E-state index is 12.8. The van der Waals surface area contributed by atoms with Crippen molar-refractivity contribution in [2.45, 2.75) is 32.7 Å². The zero-order chi connectivity index (χ0) is 21.9. The summed E-state index contributed by atoms with van der Waals surface area (Å²) >= 11 is 7.03. The van der Waals surface area contributed by atoms with Crippen molar-refractivity contribution in [2.75, 3.05) is 18.4 Å². The van der Waals surface area contributed by atoms with Crippen LogP contribution < -0.4 is 10.6 Å². The summed E-state index contributed by atoms with van der Waals surface area (Å²) < 4.78 is 0.507. The van der Waals surface area contributed by atoms with E-state index >= 15 is 0 Å². The van der Waals surface area contributed by atoms with Gasteiger partial charge in [-0.15, -0.1) is 11.3 Å². The highest BCUT2D eigenvalue weighted by molar-refractivity contribution is 7.18. The van der Waals surface area contributed by atoms with Crippen LogP contribution >= 0.6 is 22.9 Å². The standard InChI is InChI=1S/C22H24ClN3O3S/c1-14-13-15(7-8-16(14)20(28)26-11-5-4-6-12-26)24-21(29)22(2,3)25-19(27)17-9-10-18(23)30-17/h4-5,7-10,13H,6,11-12H2,1-3H3,(H,24,29)(H,25,27). The van der Waals surface area contributed by atoms with Gasteiger partial charge in [0.1, 0.15) is 5.54 Å². The molecule has 158 valence electrons. The van der Waals surface area contributed by atoms with Crippen molar-refractivity contribution in [1.29, 1.82) is 0 Å². The Morgan fingerprint density at radius 2 is 1.90 bits per heavy atom. The number of nitrogens with one attached hydrogen (secondary N) is 2. The summed E-state index contributed by atoms with van der Waals surface area (Å²) in [5, 5.41) is 5.55. The molecule has 30 heavy (non-hydrogen) atoms. The third-order valence-corrected chi connectivity index (χ3v) is 6.08. The largest absolute Gasteiger partial charge is 0.337 e. The topological polar surface area (TPSA) is 78.5 Å². The molecule has 1 aliphatic rings. The lowest BCUT2D eigenvalue weighted by Crippen LogP contribution is -2.52. The average Bonchev–Trinajstić information content (AvgIpc) is 3.14. The van der Waals surface area contributed by atoms with E-state index in [9.17, 15) is 14.4 Å².